The van der Waals surface area contributed by atoms with Gasteiger partial charge < -0.3 is 29.9 Å². The molecule has 13 nitrogen and oxygen atoms in total. The van der Waals surface area contributed by atoms with Gasteiger partial charge in [-0.05, 0) is 75.8 Å². The summed E-state index contributed by atoms with van der Waals surface area (Å²) >= 11 is 0. The fraction of sp³-hybridized carbons (Fsp3) is 0.385. The molecule has 52 heavy (non-hydrogen) atoms. The quantitative estimate of drug-likeness (QED) is 0.178. The van der Waals surface area contributed by atoms with Crippen LogP contribution in [0.4, 0.5) is 32.3 Å². The van der Waals surface area contributed by atoms with Gasteiger partial charge in [0.25, 0.3) is 5.91 Å². The van der Waals surface area contributed by atoms with Crippen molar-refractivity contribution in [1.29, 1.82) is 0 Å². The first kappa shape index (κ1) is 36.1. The van der Waals surface area contributed by atoms with Crippen molar-refractivity contribution in [2.45, 2.75) is 71.6 Å². The maximum atomic E-state index is 14.2. The number of nitrogens with one attached hydrogen (secondary N) is 3. The van der Waals surface area contributed by atoms with Crippen molar-refractivity contribution in [3.8, 4) is 0 Å². The predicted octanol–water partition coefficient (Wildman–Crippen LogP) is 6.89. The number of carbonyl (C=O) groups is 4. The SMILES string of the molecule is C[C@@H]1C[C@H](NC(=O)OC(C)(C)C)CN(c2ccncc2NC(=O)c2nc3cc(N4CCCCC4=O)ccc3cc2NC(=O)OCc2ccccc2)C1. The van der Waals surface area contributed by atoms with E-state index >= 15 is 0 Å². The maximum absolute atomic E-state index is 14.2. The Bertz CT molecular complexity index is 1950. The fourth-order valence-corrected chi connectivity index (χ4v) is 6.61. The van der Waals surface area contributed by atoms with E-state index in [1.807, 2.05) is 69.3 Å². The van der Waals surface area contributed by atoms with Gasteiger partial charge in [-0.2, -0.15) is 0 Å². The van der Waals surface area contributed by atoms with E-state index in [2.05, 4.69) is 32.8 Å². The van der Waals surface area contributed by atoms with Crippen LogP contribution in [0.5, 0.6) is 0 Å². The molecule has 4 heterocycles. The van der Waals surface area contributed by atoms with Gasteiger partial charge in [-0.1, -0.05) is 43.3 Å². The topological polar surface area (TPSA) is 155 Å². The van der Waals surface area contributed by atoms with Crippen LogP contribution in [-0.4, -0.2) is 65.2 Å². The summed E-state index contributed by atoms with van der Waals surface area (Å²) < 4.78 is 11.0. The van der Waals surface area contributed by atoms with Crippen molar-refractivity contribution in [1.82, 2.24) is 15.3 Å². The second-order valence-electron chi connectivity index (χ2n) is 14.4. The lowest BCUT2D eigenvalue weighted by atomic mass is 9.95. The molecule has 2 saturated heterocycles. The Balaban J connectivity index is 1.27. The van der Waals surface area contributed by atoms with Gasteiger partial charge in [0, 0.05) is 49.4 Å². The van der Waals surface area contributed by atoms with Crippen LogP contribution in [0.3, 0.4) is 0 Å². The number of hydrogen-bond acceptors (Lipinski definition) is 9. The number of pyridine rings is 2. The maximum Gasteiger partial charge on any atom is 0.412 e. The molecule has 2 aromatic carbocycles. The molecule has 4 amide bonds. The molecule has 0 aliphatic carbocycles. The number of nitrogens with zero attached hydrogens (tertiary/aromatic N) is 4. The summed E-state index contributed by atoms with van der Waals surface area (Å²) in [6, 6.07) is 18.0. The van der Waals surface area contributed by atoms with E-state index in [-0.39, 0.29) is 35.9 Å². The van der Waals surface area contributed by atoms with E-state index in [1.165, 1.54) is 0 Å². The van der Waals surface area contributed by atoms with Gasteiger partial charge in [0.05, 0.1) is 28.8 Å². The monoisotopic (exact) mass is 707 g/mol. The zero-order valence-corrected chi connectivity index (χ0v) is 30.0. The number of rotatable bonds is 8. The Kier molecular flexibility index (Phi) is 10.9. The Labute approximate surface area is 303 Å². The van der Waals surface area contributed by atoms with Crippen LogP contribution in [0.15, 0.2) is 73.1 Å². The number of anilines is 4. The van der Waals surface area contributed by atoms with Gasteiger partial charge in [-0.25, -0.2) is 14.6 Å². The molecule has 13 heteroatoms. The molecule has 3 N–H and O–H groups in total. The predicted molar refractivity (Wildman–Crippen MR) is 200 cm³/mol. The highest BCUT2D eigenvalue weighted by Crippen LogP contribution is 2.32. The van der Waals surface area contributed by atoms with Crippen molar-refractivity contribution in [2.24, 2.45) is 5.92 Å². The van der Waals surface area contributed by atoms with Gasteiger partial charge in [0.15, 0.2) is 5.69 Å². The Morgan fingerprint density at radius 2 is 1.75 bits per heavy atom. The van der Waals surface area contributed by atoms with E-state index in [0.29, 0.717) is 54.0 Å². The Hall–Kier alpha value is -5.72. The number of hydrogen-bond donors (Lipinski definition) is 3. The number of ether oxygens (including phenoxy) is 2. The minimum atomic E-state index is -0.748. The number of benzene rings is 2. The van der Waals surface area contributed by atoms with Gasteiger partial charge in [0.1, 0.15) is 12.2 Å². The molecule has 0 saturated carbocycles. The van der Waals surface area contributed by atoms with E-state index in [4.69, 9.17) is 14.5 Å². The van der Waals surface area contributed by atoms with Crippen molar-refractivity contribution >= 4 is 57.7 Å². The van der Waals surface area contributed by atoms with Crippen LogP contribution in [0, 0.1) is 5.92 Å². The van der Waals surface area contributed by atoms with Crippen molar-refractivity contribution in [3.63, 3.8) is 0 Å². The second kappa shape index (κ2) is 15.7. The number of aromatic nitrogens is 2. The molecule has 2 atom stereocenters. The summed E-state index contributed by atoms with van der Waals surface area (Å²) in [6.45, 7) is 9.39. The minimum Gasteiger partial charge on any atom is -0.444 e. The highest BCUT2D eigenvalue weighted by atomic mass is 16.6. The largest absolute Gasteiger partial charge is 0.444 e. The lowest BCUT2D eigenvalue weighted by Crippen LogP contribution is -2.51. The van der Waals surface area contributed by atoms with Gasteiger partial charge >= 0.3 is 12.2 Å². The average molecular weight is 708 g/mol. The fourth-order valence-electron chi connectivity index (χ4n) is 6.61. The highest BCUT2D eigenvalue weighted by molar-refractivity contribution is 6.11. The summed E-state index contributed by atoms with van der Waals surface area (Å²) in [6.07, 6.45) is 4.99. The molecular weight excluding hydrogens is 662 g/mol. The average Bonchev–Trinajstić information content (AvgIpc) is 3.10. The van der Waals surface area contributed by atoms with Crippen LogP contribution in [0.25, 0.3) is 10.9 Å². The van der Waals surface area contributed by atoms with Crippen LogP contribution in [0.2, 0.25) is 0 Å². The van der Waals surface area contributed by atoms with Crippen molar-refractivity contribution < 1.29 is 28.7 Å². The summed E-state index contributed by atoms with van der Waals surface area (Å²) in [5, 5.41) is 9.35. The summed E-state index contributed by atoms with van der Waals surface area (Å²) in [7, 11) is 0. The zero-order chi connectivity index (χ0) is 36.8. The molecular formula is C39H45N7O6. The first-order chi connectivity index (χ1) is 24.9. The van der Waals surface area contributed by atoms with Gasteiger partial charge in [0.2, 0.25) is 5.91 Å². The van der Waals surface area contributed by atoms with Crippen molar-refractivity contribution in [2.75, 3.05) is 40.1 Å². The third-order valence-electron chi connectivity index (χ3n) is 8.87. The third kappa shape index (κ3) is 9.14. The van der Waals surface area contributed by atoms with E-state index < -0.39 is 23.7 Å². The molecule has 2 fully saturated rings. The smallest absolute Gasteiger partial charge is 0.412 e. The molecule has 2 aromatic heterocycles. The molecule has 2 aliphatic rings. The first-order valence-electron chi connectivity index (χ1n) is 17.6. The molecule has 0 spiro atoms. The molecule has 0 bridgehead atoms. The molecule has 4 aromatic rings. The Morgan fingerprint density at radius 3 is 2.52 bits per heavy atom. The standard InChI is InChI=1S/C39H45N7O6/c1-25-18-28(41-38(50)52-39(2,3)4)23-45(22-25)33-15-16-40-21-32(33)43-36(48)35-31(44-37(49)51-24-26-10-6-5-7-11-26)19-27-13-14-29(20-30(27)42-35)46-17-9-8-12-34(46)47/h5-7,10-11,13-16,19-21,25,28H,8-9,12,17-18,22-24H2,1-4H3,(H,41,50)(H,43,48)(H,44,49)/t25-,28+/m1/s1. The van der Waals surface area contributed by atoms with E-state index in [9.17, 15) is 19.2 Å². The third-order valence-corrected chi connectivity index (χ3v) is 8.87. The summed E-state index contributed by atoms with van der Waals surface area (Å²) in [4.78, 5) is 65.4. The highest BCUT2D eigenvalue weighted by Gasteiger charge is 2.30. The number of piperidine rings is 2. The van der Waals surface area contributed by atoms with Crippen molar-refractivity contribution in [3.05, 3.63) is 84.3 Å². The van der Waals surface area contributed by atoms with Crippen LogP contribution >= 0.6 is 0 Å². The first-order valence-corrected chi connectivity index (χ1v) is 17.6. The van der Waals surface area contributed by atoms with Crippen LogP contribution in [0.1, 0.15) is 69.4 Å². The number of amides is 4. The Morgan fingerprint density at radius 1 is 0.942 bits per heavy atom. The van der Waals surface area contributed by atoms with E-state index in [1.54, 1.807) is 29.4 Å². The van der Waals surface area contributed by atoms with Gasteiger partial charge in [-0.3, -0.25) is 19.9 Å². The van der Waals surface area contributed by atoms with Crippen LogP contribution in [-0.2, 0) is 20.9 Å². The number of fused-ring (bicyclic) bond motifs is 1. The lowest BCUT2D eigenvalue weighted by molar-refractivity contribution is -0.119. The zero-order valence-electron chi connectivity index (χ0n) is 30.0. The lowest BCUT2D eigenvalue weighted by Gasteiger charge is -2.39. The number of carbonyl (C=O) groups excluding carboxylic acids is 4. The second-order valence-corrected chi connectivity index (χ2v) is 14.4. The summed E-state index contributed by atoms with van der Waals surface area (Å²) in [5.74, 6) is -0.309. The van der Waals surface area contributed by atoms with Crippen LogP contribution < -0.4 is 25.8 Å². The molecule has 0 unspecified atom stereocenters. The molecule has 2 aliphatic heterocycles. The van der Waals surface area contributed by atoms with Gasteiger partial charge in [-0.15, -0.1) is 0 Å². The minimum absolute atomic E-state index is 0.0412. The normalized spacial score (nSPS) is 17.7. The summed E-state index contributed by atoms with van der Waals surface area (Å²) in [5.41, 5.74) is 2.63. The van der Waals surface area contributed by atoms with E-state index in [0.717, 1.165) is 24.8 Å². The molecule has 0 radical (unpaired) electrons. The number of alkyl carbamates (subject to hydrolysis) is 1. The molecule has 272 valence electrons. The molecule has 6 rings (SSSR count).